The van der Waals surface area contributed by atoms with E-state index in [9.17, 15) is 4.79 Å². The molecule has 1 fully saturated rings. The van der Waals surface area contributed by atoms with Gasteiger partial charge in [-0.1, -0.05) is 35.3 Å². The Kier molecular flexibility index (Phi) is 6.09. The van der Waals surface area contributed by atoms with Gasteiger partial charge in [0, 0.05) is 35.2 Å². The van der Waals surface area contributed by atoms with Gasteiger partial charge in [-0.05, 0) is 31.5 Å². The average Bonchev–Trinajstić information content (AvgIpc) is 2.49. The van der Waals surface area contributed by atoms with Crippen molar-refractivity contribution in [2.75, 3.05) is 19.6 Å². The van der Waals surface area contributed by atoms with Crippen LogP contribution in [0.15, 0.2) is 30.9 Å². The van der Waals surface area contributed by atoms with Gasteiger partial charge in [0.2, 0.25) is 5.91 Å². The van der Waals surface area contributed by atoms with Crippen LogP contribution in [0.25, 0.3) is 0 Å². The van der Waals surface area contributed by atoms with Crippen molar-refractivity contribution in [3.8, 4) is 0 Å². The fourth-order valence-electron chi connectivity index (χ4n) is 2.64. The summed E-state index contributed by atoms with van der Waals surface area (Å²) in [7, 11) is 0. The Morgan fingerprint density at radius 1 is 1.43 bits per heavy atom. The van der Waals surface area contributed by atoms with Gasteiger partial charge < -0.3 is 5.32 Å². The molecule has 0 bridgehead atoms. The lowest BCUT2D eigenvalue weighted by atomic mass is 9.96. The van der Waals surface area contributed by atoms with E-state index in [4.69, 9.17) is 23.2 Å². The molecule has 1 saturated heterocycles. The molecule has 1 N–H and O–H groups in total. The van der Waals surface area contributed by atoms with Crippen LogP contribution in [0.1, 0.15) is 18.4 Å². The number of piperidine rings is 1. The fraction of sp³-hybridized carbons (Fsp3) is 0.438. The second-order valence-corrected chi connectivity index (χ2v) is 6.12. The topological polar surface area (TPSA) is 32.3 Å². The van der Waals surface area contributed by atoms with Crippen LogP contribution < -0.4 is 5.32 Å². The Morgan fingerprint density at radius 2 is 2.14 bits per heavy atom. The highest BCUT2D eigenvalue weighted by Gasteiger charge is 2.26. The molecule has 0 unspecified atom stereocenters. The van der Waals surface area contributed by atoms with Crippen LogP contribution in [0, 0.1) is 5.92 Å². The minimum absolute atomic E-state index is 0.0277. The summed E-state index contributed by atoms with van der Waals surface area (Å²) in [6.45, 7) is 6.52. The molecule has 114 valence electrons. The zero-order valence-electron chi connectivity index (χ0n) is 11.9. The number of carbonyl (C=O) groups excluding carboxylic acids is 1. The smallest absolute Gasteiger partial charge is 0.224 e. The largest absolute Gasteiger partial charge is 0.352 e. The van der Waals surface area contributed by atoms with E-state index in [1.807, 2.05) is 18.2 Å². The summed E-state index contributed by atoms with van der Waals surface area (Å²) >= 11 is 12.4. The van der Waals surface area contributed by atoms with Gasteiger partial charge in [0.15, 0.2) is 0 Å². The number of nitrogens with zero attached hydrogens (tertiary/aromatic N) is 1. The van der Waals surface area contributed by atoms with Crippen LogP contribution in [0.4, 0.5) is 0 Å². The zero-order valence-corrected chi connectivity index (χ0v) is 13.5. The minimum atomic E-state index is 0.0277. The normalized spacial score (nSPS) is 19.2. The van der Waals surface area contributed by atoms with E-state index in [0.717, 1.165) is 31.5 Å². The molecule has 21 heavy (non-hydrogen) atoms. The molecule has 0 aliphatic carbocycles. The van der Waals surface area contributed by atoms with E-state index >= 15 is 0 Å². The zero-order chi connectivity index (χ0) is 15.2. The van der Waals surface area contributed by atoms with Crippen molar-refractivity contribution in [3.05, 3.63) is 46.5 Å². The number of likely N-dealkylation sites (tertiary alicyclic amines) is 1. The molecular formula is C16H20Cl2N2O. The van der Waals surface area contributed by atoms with Gasteiger partial charge in [-0.2, -0.15) is 0 Å². The van der Waals surface area contributed by atoms with Crippen molar-refractivity contribution < 1.29 is 4.79 Å². The van der Waals surface area contributed by atoms with Crippen molar-refractivity contribution in [3.63, 3.8) is 0 Å². The molecular weight excluding hydrogens is 307 g/mol. The SMILES string of the molecule is C=CCNC(=O)[C@H]1CCCN(Cc2c(Cl)cccc2Cl)C1. The third kappa shape index (κ3) is 4.47. The standard InChI is InChI=1S/C16H20Cl2N2O/c1-2-8-19-16(21)12-5-4-9-20(10-12)11-13-14(17)6-3-7-15(13)18/h2-3,6-7,12H,1,4-5,8-11H2,(H,19,21)/t12-/m0/s1. The summed E-state index contributed by atoms with van der Waals surface area (Å²) in [5, 5.41) is 4.24. The van der Waals surface area contributed by atoms with Crippen LogP contribution >= 0.6 is 23.2 Å². The number of hydrogen-bond donors (Lipinski definition) is 1. The molecule has 0 aromatic heterocycles. The number of amides is 1. The van der Waals surface area contributed by atoms with E-state index in [-0.39, 0.29) is 11.8 Å². The second kappa shape index (κ2) is 7.83. The molecule has 1 aromatic rings. The first-order valence-corrected chi connectivity index (χ1v) is 7.91. The number of nitrogens with one attached hydrogen (secondary N) is 1. The summed E-state index contributed by atoms with van der Waals surface area (Å²) in [4.78, 5) is 14.3. The predicted octanol–water partition coefficient (Wildman–Crippen LogP) is 3.51. The van der Waals surface area contributed by atoms with Crippen LogP contribution in [0.3, 0.4) is 0 Å². The third-order valence-corrected chi connectivity index (χ3v) is 4.45. The third-order valence-electron chi connectivity index (χ3n) is 3.74. The summed E-state index contributed by atoms with van der Waals surface area (Å²) < 4.78 is 0. The molecule has 0 spiro atoms. The molecule has 5 heteroatoms. The Bertz CT molecular complexity index is 499. The molecule has 1 amide bonds. The lowest BCUT2D eigenvalue weighted by molar-refractivity contribution is -0.126. The number of halogens is 2. The average molecular weight is 327 g/mol. The van der Waals surface area contributed by atoms with Crippen LogP contribution in [0.5, 0.6) is 0 Å². The van der Waals surface area contributed by atoms with Crippen LogP contribution in [0.2, 0.25) is 10.0 Å². The summed E-state index contributed by atoms with van der Waals surface area (Å²) in [5.41, 5.74) is 0.938. The monoisotopic (exact) mass is 326 g/mol. The molecule has 3 nitrogen and oxygen atoms in total. The van der Waals surface area contributed by atoms with Crippen molar-refractivity contribution in [1.82, 2.24) is 10.2 Å². The van der Waals surface area contributed by atoms with Gasteiger partial charge in [0.1, 0.15) is 0 Å². The molecule has 1 aliphatic heterocycles. The number of carbonyl (C=O) groups is 1. The lowest BCUT2D eigenvalue weighted by Crippen LogP contribution is -2.42. The predicted molar refractivity (Wildman–Crippen MR) is 87.7 cm³/mol. The Hall–Kier alpha value is -1.03. The molecule has 1 aromatic carbocycles. The van der Waals surface area contributed by atoms with Crippen molar-refractivity contribution in [2.24, 2.45) is 5.92 Å². The first kappa shape index (κ1) is 16.3. The summed E-state index contributed by atoms with van der Waals surface area (Å²) in [6, 6.07) is 5.54. The van der Waals surface area contributed by atoms with E-state index in [0.29, 0.717) is 23.1 Å². The first-order valence-electron chi connectivity index (χ1n) is 7.15. The molecule has 2 rings (SSSR count). The Labute approximate surface area is 135 Å². The van der Waals surface area contributed by atoms with Gasteiger partial charge in [0.25, 0.3) is 0 Å². The maximum Gasteiger partial charge on any atom is 0.224 e. The van der Waals surface area contributed by atoms with Gasteiger partial charge in [-0.3, -0.25) is 9.69 Å². The van der Waals surface area contributed by atoms with Crippen molar-refractivity contribution >= 4 is 29.1 Å². The van der Waals surface area contributed by atoms with Crippen LogP contribution in [-0.4, -0.2) is 30.4 Å². The molecule has 0 radical (unpaired) electrons. The van der Waals surface area contributed by atoms with Crippen molar-refractivity contribution in [1.29, 1.82) is 0 Å². The fourth-order valence-corrected chi connectivity index (χ4v) is 3.15. The van der Waals surface area contributed by atoms with Gasteiger partial charge in [0.05, 0.1) is 5.92 Å². The highest BCUT2D eigenvalue weighted by Crippen LogP contribution is 2.27. The van der Waals surface area contributed by atoms with Crippen molar-refractivity contribution in [2.45, 2.75) is 19.4 Å². The number of rotatable bonds is 5. The molecule has 1 aliphatic rings. The Morgan fingerprint density at radius 3 is 2.81 bits per heavy atom. The second-order valence-electron chi connectivity index (χ2n) is 5.31. The van der Waals surface area contributed by atoms with Crippen LogP contribution in [-0.2, 0) is 11.3 Å². The minimum Gasteiger partial charge on any atom is -0.352 e. The maximum atomic E-state index is 12.1. The van der Waals surface area contributed by atoms with E-state index < -0.39 is 0 Å². The Balaban J connectivity index is 1.98. The highest BCUT2D eigenvalue weighted by atomic mass is 35.5. The molecule has 1 heterocycles. The lowest BCUT2D eigenvalue weighted by Gasteiger charge is -2.32. The van der Waals surface area contributed by atoms with E-state index in [2.05, 4.69) is 16.8 Å². The summed E-state index contributed by atoms with van der Waals surface area (Å²) in [5.74, 6) is 0.129. The van der Waals surface area contributed by atoms with Gasteiger partial charge >= 0.3 is 0 Å². The molecule has 1 atom stereocenters. The molecule has 0 saturated carbocycles. The highest BCUT2D eigenvalue weighted by molar-refractivity contribution is 6.35. The van der Waals surface area contributed by atoms with Gasteiger partial charge in [-0.25, -0.2) is 0 Å². The summed E-state index contributed by atoms with van der Waals surface area (Å²) in [6.07, 6.45) is 3.63. The van der Waals surface area contributed by atoms with Gasteiger partial charge in [-0.15, -0.1) is 6.58 Å². The number of hydrogen-bond acceptors (Lipinski definition) is 2. The maximum absolute atomic E-state index is 12.1. The van der Waals surface area contributed by atoms with E-state index in [1.54, 1.807) is 6.08 Å². The first-order chi connectivity index (χ1) is 10.1. The quantitative estimate of drug-likeness (QED) is 0.840. The van der Waals surface area contributed by atoms with E-state index in [1.165, 1.54) is 0 Å². The number of benzene rings is 1.